The first-order valence-electron chi connectivity index (χ1n) is 4.54. The van der Waals surface area contributed by atoms with Gasteiger partial charge in [0.25, 0.3) is 0 Å². The Hall–Kier alpha value is -0.940. The number of nitrogens with zero attached hydrogens (tertiary/aromatic N) is 2. The topological polar surface area (TPSA) is 71.2 Å². The molecule has 5 heteroatoms. The maximum absolute atomic E-state index is 8.62. The van der Waals surface area contributed by atoms with Crippen LogP contribution in [0.2, 0.25) is 0 Å². The largest absolute Gasteiger partial charge is 0.396 e. The Bertz CT molecular complexity index is 270. The molecular weight excluding hydrogens is 170 g/mol. The van der Waals surface area contributed by atoms with Crippen molar-refractivity contribution in [1.82, 2.24) is 15.5 Å². The van der Waals surface area contributed by atoms with Gasteiger partial charge >= 0.3 is 0 Å². The fraction of sp³-hybridized carbons (Fsp3) is 0.750. The van der Waals surface area contributed by atoms with Crippen LogP contribution in [0.25, 0.3) is 0 Å². The molecule has 72 valence electrons. The Morgan fingerprint density at radius 2 is 2.38 bits per heavy atom. The first-order valence-corrected chi connectivity index (χ1v) is 4.54. The third-order valence-electron chi connectivity index (χ3n) is 1.96. The molecule has 0 spiro atoms. The first-order chi connectivity index (χ1) is 6.38. The van der Waals surface area contributed by atoms with Crippen LogP contribution in [0.5, 0.6) is 0 Å². The number of hydrogen-bond donors (Lipinski definition) is 2. The molecule has 0 atom stereocenters. The van der Waals surface area contributed by atoms with Crippen LogP contribution >= 0.6 is 0 Å². The number of rotatable bonds is 5. The molecule has 0 saturated heterocycles. The van der Waals surface area contributed by atoms with Crippen LogP contribution in [-0.4, -0.2) is 27.9 Å². The maximum atomic E-state index is 8.62. The molecular formula is C8H13N3O2. The lowest BCUT2D eigenvalue weighted by atomic mass is 10.4. The molecule has 5 nitrogen and oxygen atoms in total. The fourth-order valence-electron chi connectivity index (χ4n) is 1.08. The lowest BCUT2D eigenvalue weighted by molar-refractivity contribution is 0.292. The Morgan fingerprint density at radius 1 is 1.54 bits per heavy atom. The summed E-state index contributed by atoms with van der Waals surface area (Å²) in [5.41, 5.74) is 0. The molecule has 2 rings (SSSR count). The van der Waals surface area contributed by atoms with E-state index in [1.165, 1.54) is 12.8 Å². The van der Waals surface area contributed by atoms with Crippen LogP contribution in [0.15, 0.2) is 4.52 Å². The van der Waals surface area contributed by atoms with E-state index in [1.807, 2.05) is 0 Å². The summed E-state index contributed by atoms with van der Waals surface area (Å²) in [7, 11) is 0. The second-order valence-electron chi connectivity index (χ2n) is 3.23. The molecule has 2 N–H and O–H groups in total. The van der Waals surface area contributed by atoms with Crippen LogP contribution in [0.3, 0.4) is 0 Å². The second kappa shape index (κ2) is 3.85. The predicted molar refractivity (Wildman–Crippen MR) is 44.9 cm³/mol. The molecule has 0 amide bonds. The van der Waals surface area contributed by atoms with Gasteiger partial charge in [-0.1, -0.05) is 5.16 Å². The molecule has 0 unspecified atom stereocenters. The Kier molecular flexibility index (Phi) is 2.56. The molecule has 1 saturated carbocycles. The van der Waals surface area contributed by atoms with E-state index < -0.39 is 0 Å². The van der Waals surface area contributed by atoms with Gasteiger partial charge in [0, 0.05) is 12.5 Å². The van der Waals surface area contributed by atoms with Crippen molar-refractivity contribution < 1.29 is 9.63 Å². The number of aliphatic hydroxyl groups excluding tert-OH is 1. The second-order valence-corrected chi connectivity index (χ2v) is 3.23. The average Bonchev–Trinajstić information content (AvgIpc) is 2.85. The molecule has 1 aromatic heterocycles. The average molecular weight is 183 g/mol. The minimum absolute atomic E-state index is 0.0645. The number of aliphatic hydroxyl groups is 1. The van der Waals surface area contributed by atoms with E-state index >= 15 is 0 Å². The van der Waals surface area contributed by atoms with Crippen molar-refractivity contribution in [3.63, 3.8) is 0 Å². The highest BCUT2D eigenvalue weighted by atomic mass is 16.5. The minimum atomic E-state index is 0.0645. The quantitative estimate of drug-likeness (QED) is 0.664. The summed E-state index contributed by atoms with van der Waals surface area (Å²) in [6, 6.07) is 0.646. The predicted octanol–water partition coefficient (Wildman–Crippen LogP) is -0.144. The smallest absolute Gasteiger partial charge is 0.240 e. The Morgan fingerprint density at radius 3 is 3.08 bits per heavy atom. The molecule has 1 heterocycles. The minimum Gasteiger partial charge on any atom is -0.396 e. The van der Waals surface area contributed by atoms with Crippen molar-refractivity contribution in [3.8, 4) is 0 Å². The summed E-state index contributed by atoms with van der Waals surface area (Å²) in [5, 5.41) is 15.6. The lowest BCUT2D eigenvalue weighted by Crippen LogP contribution is -2.15. The van der Waals surface area contributed by atoms with E-state index in [0.29, 0.717) is 30.7 Å². The molecule has 1 aliphatic rings. The van der Waals surface area contributed by atoms with E-state index in [2.05, 4.69) is 15.5 Å². The third-order valence-corrected chi connectivity index (χ3v) is 1.96. The van der Waals surface area contributed by atoms with Gasteiger partial charge in [-0.3, -0.25) is 0 Å². The summed E-state index contributed by atoms with van der Waals surface area (Å²) < 4.78 is 4.96. The monoisotopic (exact) mass is 183 g/mol. The van der Waals surface area contributed by atoms with Gasteiger partial charge in [0.2, 0.25) is 5.89 Å². The highest BCUT2D eigenvalue weighted by Crippen LogP contribution is 2.18. The highest BCUT2D eigenvalue weighted by molar-refractivity contribution is 4.88. The molecule has 13 heavy (non-hydrogen) atoms. The van der Waals surface area contributed by atoms with Gasteiger partial charge in [0.1, 0.15) is 0 Å². The van der Waals surface area contributed by atoms with Gasteiger partial charge in [-0.25, -0.2) is 0 Å². The molecule has 0 aliphatic heterocycles. The lowest BCUT2D eigenvalue weighted by Gasteiger charge is -1.94. The van der Waals surface area contributed by atoms with Gasteiger partial charge < -0.3 is 14.9 Å². The van der Waals surface area contributed by atoms with Crippen molar-refractivity contribution in [2.75, 3.05) is 6.61 Å². The maximum Gasteiger partial charge on any atom is 0.240 e. The van der Waals surface area contributed by atoms with E-state index in [-0.39, 0.29) is 6.61 Å². The zero-order valence-electron chi connectivity index (χ0n) is 7.36. The third kappa shape index (κ3) is 2.50. The Labute approximate surface area is 76.1 Å². The zero-order chi connectivity index (χ0) is 9.10. The summed E-state index contributed by atoms with van der Waals surface area (Å²) in [6.45, 7) is 0.706. The van der Waals surface area contributed by atoms with Crippen LogP contribution in [-0.2, 0) is 13.0 Å². The fourth-order valence-corrected chi connectivity index (χ4v) is 1.08. The van der Waals surface area contributed by atoms with Gasteiger partial charge in [-0.15, -0.1) is 0 Å². The normalized spacial score (nSPS) is 16.4. The van der Waals surface area contributed by atoms with Crippen LogP contribution < -0.4 is 5.32 Å². The highest BCUT2D eigenvalue weighted by Gasteiger charge is 2.21. The summed E-state index contributed by atoms with van der Waals surface area (Å²) in [5.74, 6) is 1.19. The standard InChI is InChI=1S/C8H13N3O2/c12-4-3-7-10-8(13-11-7)5-9-6-1-2-6/h6,9,12H,1-5H2. The molecule has 1 aliphatic carbocycles. The van der Waals surface area contributed by atoms with Crippen LogP contribution in [0.4, 0.5) is 0 Å². The molecule has 0 radical (unpaired) electrons. The van der Waals surface area contributed by atoms with Gasteiger partial charge in [0.05, 0.1) is 13.2 Å². The summed E-state index contributed by atoms with van der Waals surface area (Å²) in [4.78, 5) is 4.10. The van der Waals surface area contributed by atoms with Gasteiger partial charge in [-0.05, 0) is 12.8 Å². The van der Waals surface area contributed by atoms with Crippen molar-refractivity contribution in [3.05, 3.63) is 11.7 Å². The van der Waals surface area contributed by atoms with E-state index in [1.54, 1.807) is 0 Å². The zero-order valence-corrected chi connectivity index (χ0v) is 7.36. The SMILES string of the molecule is OCCc1noc(CNC2CC2)n1. The van der Waals surface area contributed by atoms with E-state index in [0.717, 1.165) is 0 Å². The van der Waals surface area contributed by atoms with E-state index in [4.69, 9.17) is 9.63 Å². The molecule has 0 aromatic carbocycles. The van der Waals surface area contributed by atoms with E-state index in [9.17, 15) is 0 Å². The van der Waals surface area contributed by atoms with Gasteiger partial charge in [0.15, 0.2) is 5.82 Å². The van der Waals surface area contributed by atoms with Crippen molar-refractivity contribution in [1.29, 1.82) is 0 Å². The Balaban J connectivity index is 1.81. The number of nitrogens with one attached hydrogen (secondary N) is 1. The summed E-state index contributed by atoms with van der Waals surface area (Å²) >= 11 is 0. The molecule has 0 bridgehead atoms. The van der Waals surface area contributed by atoms with Crippen LogP contribution in [0.1, 0.15) is 24.6 Å². The number of hydrogen-bond acceptors (Lipinski definition) is 5. The molecule has 1 aromatic rings. The molecule has 1 fully saturated rings. The summed E-state index contributed by atoms with van der Waals surface area (Å²) in [6.07, 6.45) is 2.96. The number of aromatic nitrogens is 2. The van der Waals surface area contributed by atoms with Crippen molar-refractivity contribution in [2.45, 2.75) is 31.8 Å². The van der Waals surface area contributed by atoms with Gasteiger partial charge in [-0.2, -0.15) is 4.98 Å². The van der Waals surface area contributed by atoms with Crippen molar-refractivity contribution >= 4 is 0 Å². The van der Waals surface area contributed by atoms with Crippen LogP contribution in [0, 0.1) is 0 Å². The first kappa shape index (κ1) is 8.65. The van der Waals surface area contributed by atoms with Crippen molar-refractivity contribution in [2.24, 2.45) is 0 Å².